The SMILES string of the molecule is NC(=O)COc1ccc(/C(N)=N/OC(=O)c2ccccc2I)cc1. The summed E-state index contributed by atoms with van der Waals surface area (Å²) in [6.45, 7) is -0.212. The molecule has 0 unspecified atom stereocenters. The van der Waals surface area contributed by atoms with Crippen LogP contribution < -0.4 is 16.2 Å². The maximum Gasteiger partial charge on any atom is 0.366 e. The highest BCUT2D eigenvalue weighted by molar-refractivity contribution is 14.1. The van der Waals surface area contributed by atoms with Crippen molar-refractivity contribution in [3.63, 3.8) is 0 Å². The smallest absolute Gasteiger partial charge is 0.366 e. The van der Waals surface area contributed by atoms with Gasteiger partial charge < -0.3 is 21.0 Å². The van der Waals surface area contributed by atoms with Gasteiger partial charge in [0.05, 0.1) is 5.56 Å². The number of nitrogens with two attached hydrogens (primary N) is 2. The molecule has 0 atom stereocenters. The first-order valence-electron chi connectivity index (χ1n) is 6.78. The van der Waals surface area contributed by atoms with Crippen molar-refractivity contribution in [2.75, 3.05) is 6.61 Å². The Morgan fingerprint density at radius 3 is 2.33 bits per heavy atom. The molecule has 0 aliphatic carbocycles. The summed E-state index contributed by atoms with van der Waals surface area (Å²) < 4.78 is 5.88. The predicted octanol–water partition coefficient (Wildman–Crippen LogP) is 1.63. The average Bonchev–Trinajstić information content (AvgIpc) is 2.58. The second-order valence-electron chi connectivity index (χ2n) is 4.61. The molecule has 24 heavy (non-hydrogen) atoms. The molecule has 0 saturated carbocycles. The van der Waals surface area contributed by atoms with Gasteiger partial charge in [0.2, 0.25) is 0 Å². The summed E-state index contributed by atoms with van der Waals surface area (Å²) in [6.07, 6.45) is 0. The summed E-state index contributed by atoms with van der Waals surface area (Å²) in [6, 6.07) is 13.4. The van der Waals surface area contributed by atoms with Gasteiger partial charge in [-0.15, -0.1) is 0 Å². The molecule has 2 rings (SSSR count). The van der Waals surface area contributed by atoms with Gasteiger partial charge in [0, 0.05) is 9.13 Å². The minimum absolute atomic E-state index is 0.0377. The number of nitrogens with zero attached hydrogens (tertiary/aromatic N) is 1. The van der Waals surface area contributed by atoms with E-state index in [0.717, 1.165) is 3.57 Å². The van der Waals surface area contributed by atoms with E-state index in [2.05, 4.69) is 5.16 Å². The number of amides is 1. The molecule has 0 aliphatic rings. The summed E-state index contributed by atoms with van der Waals surface area (Å²) in [5.74, 6) is -0.663. The number of hydrogen-bond donors (Lipinski definition) is 2. The topological polar surface area (TPSA) is 117 Å². The van der Waals surface area contributed by atoms with Crippen molar-refractivity contribution in [1.29, 1.82) is 0 Å². The molecule has 0 fully saturated rings. The number of carbonyl (C=O) groups is 2. The van der Waals surface area contributed by atoms with Crippen molar-refractivity contribution < 1.29 is 19.2 Å². The Labute approximate surface area is 151 Å². The van der Waals surface area contributed by atoms with Crippen LogP contribution in [-0.4, -0.2) is 24.3 Å². The first-order chi connectivity index (χ1) is 11.5. The molecule has 2 aromatic rings. The summed E-state index contributed by atoms with van der Waals surface area (Å²) in [7, 11) is 0. The van der Waals surface area contributed by atoms with Crippen molar-refractivity contribution in [3.05, 3.63) is 63.2 Å². The third kappa shape index (κ3) is 4.95. The Hall–Kier alpha value is -2.62. The highest BCUT2D eigenvalue weighted by Crippen LogP contribution is 2.14. The van der Waals surface area contributed by atoms with E-state index in [-0.39, 0.29) is 12.4 Å². The first kappa shape index (κ1) is 17.7. The van der Waals surface area contributed by atoms with Crippen LogP contribution in [0.2, 0.25) is 0 Å². The van der Waals surface area contributed by atoms with Crippen LogP contribution in [0.3, 0.4) is 0 Å². The molecule has 1 amide bonds. The summed E-state index contributed by atoms with van der Waals surface area (Å²) >= 11 is 2.03. The van der Waals surface area contributed by atoms with Crippen LogP contribution in [0.25, 0.3) is 0 Å². The van der Waals surface area contributed by atoms with Gasteiger partial charge in [-0.2, -0.15) is 0 Å². The van der Waals surface area contributed by atoms with E-state index in [4.69, 9.17) is 21.0 Å². The van der Waals surface area contributed by atoms with Crippen molar-refractivity contribution in [3.8, 4) is 5.75 Å². The second kappa shape index (κ2) is 8.29. The Bertz CT molecular complexity index is 775. The minimum atomic E-state index is -0.593. The zero-order valence-corrected chi connectivity index (χ0v) is 14.6. The lowest BCUT2D eigenvalue weighted by Crippen LogP contribution is -2.20. The molecule has 0 spiro atoms. The fourth-order valence-electron chi connectivity index (χ4n) is 1.70. The van der Waals surface area contributed by atoms with Crippen molar-refractivity contribution in [2.45, 2.75) is 0 Å². The molecular weight excluding hydrogens is 425 g/mol. The largest absolute Gasteiger partial charge is 0.484 e. The zero-order chi connectivity index (χ0) is 17.5. The molecule has 4 N–H and O–H groups in total. The third-order valence-electron chi connectivity index (χ3n) is 2.85. The average molecular weight is 439 g/mol. The number of amidine groups is 1. The van der Waals surface area contributed by atoms with Crippen LogP contribution >= 0.6 is 22.6 Å². The van der Waals surface area contributed by atoms with Gasteiger partial charge in [-0.05, 0) is 59.0 Å². The predicted molar refractivity (Wildman–Crippen MR) is 96.4 cm³/mol. The lowest BCUT2D eigenvalue weighted by Gasteiger charge is -2.05. The summed E-state index contributed by atoms with van der Waals surface area (Å²) in [5.41, 5.74) is 11.7. The normalized spacial score (nSPS) is 11.0. The fourth-order valence-corrected chi connectivity index (χ4v) is 2.30. The van der Waals surface area contributed by atoms with Crippen molar-refractivity contribution in [2.24, 2.45) is 16.6 Å². The van der Waals surface area contributed by atoms with E-state index in [9.17, 15) is 9.59 Å². The lowest BCUT2D eigenvalue weighted by molar-refractivity contribution is -0.119. The van der Waals surface area contributed by atoms with Gasteiger partial charge >= 0.3 is 5.97 Å². The van der Waals surface area contributed by atoms with Crippen LogP contribution in [-0.2, 0) is 9.63 Å². The molecule has 2 aromatic carbocycles. The summed E-state index contributed by atoms with van der Waals surface area (Å²) in [4.78, 5) is 27.5. The van der Waals surface area contributed by atoms with Gasteiger partial charge in [-0.1, -0.05) is 17.3 Å². The molecule has 0 heterocycles. The Morgan fingerprint density at radius 2 is 1.71 bits per heavy atom. The molecule has 0 aliphatic heterocycles. The molecule has 7 nitrogen and oxygen atoms in total. The van der Waals surface area contributed by atoms with Gasteiger partial charge in [-0.25, -0.2) is 4.79 Å². The number of rotatable bonds is 6. The number of benzene rings is 2. The first-order valence-corrected chi connectivity index (χ1v) is 7.86. The molecule has 0 aromatic heterocycles. The van der Waals surface area contributed by atoms with E-state index in [1.165, 1.54) is 0 Å². The number of primary amides is 1. The number of oxime groups is 1. The highest BCUT2D eigenvalue weighted by Gasteiger charge is 2.11. The minimum Gasteiger partial charge on any atom is -0.484 e. The molecule has 0 saturated heterocycles. The van der Waals surface area contributed by atoms with E-state index >= 15 is 0 Å². The third-order valence-corrected chi connectivity index (χ3v) is 3.79. The van der Waals surface area contributed by atoms with E-state index in [1.54, 1.807) is 42.5 Å². The van der Waals surface area contributed by atoms with E-state index < -0.39 is 11.9 Å². The fraction of sp³-hybridized carbons (Fsp3) is 0.0625. The maximum atomic E-state index is 12.0. The van der Waals surface area contributed by atoms with Crippen molar-refractivity contribution in [1.82, 2.24) is 0 Å². The van der Waals surface area contributed by atoms with Gasteiger partial charge in [-0.3, -0.25) is 4.79 Å². The number of halogens is 1. The molecule has 8 heteroatoms. The van der Waals surface area contributed by atoms with Crippen LogP contribution in [0.5, 0.6) is 5.75 Å². The molecule has 124 valence electrons. The van der Waals surface area contributed by atoms with Crippen LogP contribution in [0.15, 0.2) is 53.7 Å². The Balaban J connectivity index is 2.01. The number of ether oxygens (including phenoxy) is 1. The van der Waals surface area contributed by atoms with Gasteiger partial charge in [0.25, 0.3) is 5.91 Å². The molecular formula is C16H14IN3O4. The number of carbonyl (C=O) groups excluding carboxylic acids is 2. The van der Waals surface area contributed by atoms with Crippen LogP contribution in [0, 0.1) is 3.57 Å². The number of hydrogen-bond acceptors (Lipinski definition) is 5. The Kier molecular flexibility index (Phi) is 6.13. The summed E-state index contributed by atoms with van der Waals surface area (Å²) in [5, 5.41) is 3.64. The zero-order valence-electron chi connectivity index (χ0n) is 12.4. The van der Waals surface area contributed by atoms with Crippen LogP contribution in [0.4, 0.5) is 0 Å². The monoisotopic (exact) mass is 439 g/mol. The standard InChI is InChI=1S/C16H14IN3O4/c17-13-4-2-1-3-12(13)16(22)24-20-15(19)10-5-7-11(8-6-10)23-9-14(18)21/h1-8H,9H2,(H2,18,21)(H2,19,20). The van der Waals surface area contributed by atoms with E-state index in [0.29, 0.717) is 16.9 Å². The lowest BCUT2D eigenvalue weighted by atomic mass is 10.2. The molecule has 0 radical (unpaired) electrons. The molecule has 0 bridgehead atoms. The Morgan fingerprint density at radius 1 is 1.04 bits per heavy atom. The highest BCUT2D eigenvalue weighted by atomic mass is 127. The van der Waals surface area contributed by atoms with E-state index in [1.807, 2.05) is 28.7 Å². The quantitative estimate of drug-likeness (QED) is 0.233. The second-order valence-corrected chi connectivity index (χ2v) is 5.78. The van der Waals surface area contributed by atoms with Crippen LogP contribution in [0.1, 0.15) is 15.9 Å². The van der Waals surface area contributed by atoms with Crippen molar-refractivity contribution >= 4 is 40.3 Å². The van der Waals surface area contributed by atoms with Gasteiger partial charge in [0.15, 0.2) is 12.4 Å². The van der Waals surface area contributed by atoms with Gasteiger partial charge in [0.1, 0.15) is 5.75 Å². The maximum absolute atomic E-state index is 12.0.